The third-order valence-corrected chi connectivity index (χ3v) is 4.80. The van der Waals surface area contributed by atoms with Gasteiger partial charge in [0.1, 0.15) is 0 Å². The minimum atomic E-state index is -0.124. The van der Waals surface area contributed by atoms with E-state index in [1.54, 1.807) is 0 Å². The van der Waals surface area contributed by atoms with E-state index < -0.39 is 0 Å². The Bertz CT molecular complexity index is 666. The molecule has 1 aliphatic rings. The minimum Gasteiger partial charge on any atom is -0.337 e. The van der Waals surface area contributed by atoms with Crippen LogP contribution in [0.2, 0.25) is 5.02 Å². The average molecular weight is 329 g/mol. The molecule has 1 atom stereocenters. The predicted molar refractivity (Wildman–Crippen MR) is 93.8 cm³/mol. The van der Waals surface area contributed by atoms with Crippen molar-refractivity contribution in [2.45, 2.75) is 31.2 Å². The molecule has 0 heterocycles. The molecule has 0 spiro atoms. The van der Waals surface area contributed by atoms with Crippen molar-refractivity contribution in [2.24, 2.45) is 0 Å². The molecule has 3 nitrogen and oxygen atoms in total. The van der Waals surface area contributed by atoms with Gasteiger partial charge in [-0.05, 0) is 43.0 Å². The fourth-order valence-corrected chi connectivity index (χ4v) is 2.97. The molecule has 120 valence electrons. The van der Waals surface area contributed by atoms with Gasteiger partial charge in [-0.3, -0.25) is 0 Å². The van der Waals surface area contributed by atoms with Crippen molar-refractivity contribution >= 4 is 17.6 Å². The third kappa shape index (κ3) is 3.85. The zero-order chi connectivity index (χ0) is 16.3. The van der Waals surface area contributed by atoms with Gasteiger partial charge in [-0.25, -0.2) is 4.79 Å². The summed E-state index contributed by atoms with van der Waals surface area (Å²) in [5.41, 5.74) is 2.43. The predicted octanol–water partition coefficient (Wildman–Crippen LogP) is 4.43. The Morgan fingerprint density at radius 2 is 1.78 bits per heavy atom. The monoisotopic (exact) mass is 328 g/mol. The van der Waals surface area contributed by atoms with Gasteiger partial charge in [0.25, 0.3) is 0 Å². The second-order valence-corrected chi connectivity index (χ2v) is 6.68. The van der Waals surface area contributed by atoms with Crippen LogP contribution in [-0.4, -0.2) is 12.6 Å². The van der Waals surface area contributed by atoms with E-state index in [-0.39, 0.29) is 17.5 Å². The lowest BCUT2D eigenvalue weighted by atomic mass is 9.96. The first-order valence-electron chi connectivity index (χ1n) is 7.94. The van der Waals surface area contributed by atoms with Crippen LogP contribution in [0.5, 0.6) is 0 Å². The number of halogens is 1. The van der Waals surface area contributed by atoms with Gasteiger partial charge >= 0.3 is 6.03 Å². The topological polar surface area (TPSA) is 41.1 Å². The number of benzene rings is 2. The van der Waals surface area contributed by atoms with Crippen LogP contribution in [0.15, 0.2) is 54.6 Å². The zero-order valence-corrected chi connectivity index (χ0v) is 13.9. The molecule has 1 fully saturated rings. The van der Waals surface area contributed by atoms with E-state index in [9.17, 15) is 4.79 Å². The third-order valence-electron chi connectivity index (χ3n) is 4.54. The van der Waals surface area contributed by atoms with E-state index in [0.29, 0.717) is 6.54 Å². The summed E-state index contributed by atoms with van der Waals surface area (Å²) in [6.45, 7) is 2.64. The molecule has 2 aromatic rings. The van der Waals surface area contributed by atoms with Crippen molar-refractivity contribution in [2.75, 3.05) is 6.54 Å². The Labute approximate surface area is 142 Å². The second kappa shape index (κ2) is 6.63. The first-order chi connectivity index (χ1) is 11.1. The van der Waals surface area contributed by atoms with Crippen LogP contribution in [0.4, 0.5) is 4.79 Å². The van der Waals surface area contributed by atoms with Gasteiger partial charge in [-0.1, -0.05) is 54.1 Å². The first kappa shape index (κ1) is 15.9. The maximum Gasteiger partial charge on any atom is 0.315 e. The van der Waals surface area contributed by atoms with E-state index >= 15 is 0 Å². The fraction of sp³-hybridized carbons (Fsp3) is 0.316. The van der Waals surface area contributed by atoms with Crippen molar-refractivity contribution < 1.29 is 4.79 Å². The number of hydrogen-bond donors (Lipinski definition) is 2. The lowest BCUT2D eigenvalue weighted by Crippen LogP contribution is -2.40. The Morgan fingerprint density at radius 1 is 1.13 bits per heavy atom. The van der Waals surface area contributed by atoms with Crippen LogP contribution in [0, 0.1) is 0 Å². The Kier molecular flexibility index (Phi) is 4.58. The van der Waals surface area contributed by atoms with E-state index in [2.05, 4.69) is 22.8 Å². The molecule has 1 unspecified atom stereocenters. The van der Waals surface area contributed by atoms with Crippen molar-refractivity contribution in [3.63, 3.8) is 0 Å². The normalized spacial score (nSPS) is 16.4. The summed E-state index contributed by atoms with van der Waals surface area (Å²) in [4.78, 5) is 12.1. The standard InChI is InChI=1S/C19H21ClN2O/c1-14(15-5-3-2-4-6-15)22-18(23)21-13-19(11-12-19)16-7-9-17(20)10-8-16/h2-10,14H,11-13H2,1H3,(H2,21,22,23). The molecular weight excluding hydrogens is 308 g/mol. The van der Waals surface area contributed by atoms with Crippen LogP contribution in [0.3, 0.4) is 0 Å². The van der Waals surface area contributed by atoms with E-state index in [1.165, 1.54) is 5.56 Å². The number of nitrogens with one attached hydrogen (secondary N) is 2. The number of carbonyl (C=O) groups excluding carboxylic acids is 1. The largest absolute Gasteiger partial charge is 0.337 e. The van der Waals surface area contributed by atoms with E-state index in [1.807, 2.05) is 49.4 Å². The van der Waals surface area contributed by atoms with Crippen molar-refractivity contribution in [3.8, 4) is 0 Å². The SMILES string of the molecule is CC(NC(=O)NCC1(c2ccc(Cl)cc2)CC1)c1ccccc1. The molecule has 0 radical (unpaired) electrons. The highest BCUT2D eigenvalue weighted by molar-refractivity contribution is 6.30. The van der Waals surface area contributed by atoms with Crippen LogP contribution in [0.1, 0.15) is 36.9 Å². The van der Waals surface area contributed by atoms with Gasteiger partial charge in [0.15, 0.2) is 0 Å². The minimum absolute atomic E-state index is 0.0121. The molecule has 4 heteroatoms. The summed E-state index contributed by atoms with van der Waals surface area (Å²) >= 11 is 5.95. The molecule has 0 bridgehead atoms. The Hall–Kier alpha value is -2.00. The molecule has 23 heavy (non-hydrogen) atoms. The van der Waals surface area contributed by atoms with E-state index in [4.69, 9.17) is 11.6 Å². The maximum atomic E-state index is 12.1. The van der Waals surface area contributed by atoms with Gasteiger partial charge in [0, 0.05) is 17.0 Å². The highest BCUT2D eigenvalue weighted by atomic mass is 35.5. The summed E-state index contributed by atoms with van der Waals surface area (Å²) in [7, 11) is 0. The maximum absolute atomic E-state index is 12.1. The zero-order valence-electron chi connectivity index (χ0n) is 13.2. The highest BCUT2D eigenvalue weighted by Gasteiger charge is 2.44. The molecule has 2 aromatic carbocycles. The fourth-order valence-electron chi connectivity index (χ4n) is 2.84. The molecule has 1 aliphatic carbocycles. The van der Waals surface area contributed by atoms with Crippen molar-refractivity contribution in [3.05, 3.63) is 70.7 Å². The van der Waals surface area contributed by atoms with Crippen LogP contribution in [-0.2, 0) is 5.41 Å². The average Bonchev–Trinajstić information content (AvgIpc) is 3.35. The number of hydrogen-bond acceptors (Lipinski definition) is 1. The van der Waals surface area contributed by atoms with Crippen LogP contribution < -0.4 is 10.6 Å². The summed E-state index contributed by atoms with van der Waals surface area (Å²) in [5, 5.41) is 6.74. The Morgan fingerprint density at radius 3 is 2.39 bits per heavy atom. The van der Waals surface area contributed by atoms with Crippen molar-refractivity contribution in [1.29, 1.82) is 0 Å². The molecule has 2 amide bonds. The second-order valence-electron chi connectivity index (χ2n) is 6.25. The van der Waals surface area contributed by atoms with Gasteiger partial charge < -0.3 is 10.6 Å². The van der Waals surface area contributed by atoms with E-state index in [0.717, 1.165) is 23.4 Å². The summed E-state index contributed by atoms with van der Waals surface area (Å²) < 4.78 is 0. The smallest absolute Gasteiger partial charge is 0.315 e. The Balaban J connectivity index is 1.54. The molecule has 3 rings (SSSR count). The van der Waals surface area contributed by atoms with Crippen LogP contribution in [0.25, 0.3) is 0 Å². The van der Waals surface area contributed by atoms with Crippen molar-refractivity contribution in [1.82, 2.24) is 10.6 Å². The highest BCUT2D eigenvalue weighted by Crippen LogP contribution is 2.47. The molecule has 0 aliphatic heterocycles. The summed E-state index contributed by atoms with van der Waals surface area (Å²) in [5.74, 6) is 0. The number of rotatable bonds is 5. The number of amides is 2. The summed E-state index contributed by atoms with van der Waals surface area (Å²) in [6, 6.07) is 17.8. The number of carbonyl (C=O) groups is 1. The molecule has 2 N–H and O–H groups in total. The van der Waals surface area contributed by atoms with Gasteiger partial charge in [-0.15, -0.1) is 0 Å². The molecule has 0 saturated heterocycles. The summed E-state index contributed by atoms with van der Waals surface area (Å²) in [6.07, 6.45) is 2.20. The quantitative estimate of drug-likeness (QED) is 0.837. The van der Waals surface area contributed by atoms with Crippen LogP contribution >= 0.6 is 11.6 Å². The van der Waals surface area contributed by atoms with Gasteiger partial charge in [0.05, 0.1) is 6.04 Å². The lowest BCUT2D eigenvalue weighted by Gasteiger charge is -2.19. The molecule has 1 saturated carbocycles. The molecule has 0 aromatic heterocycles. The lowest BCUT2D eigenvalue weighted by molar-refractivity contribution is 0.237. The number of urea groups is 1. The first-order valence-corrected chi connectivity index (χ1v) is 8.32. The van der Waals surface area contributed by atoms with Gasteiger partial charge in [0.2, 0.25) is 0 Å². The molecular formula is C19H21ClN2O. The van der Waals surface area contributed by atoms with Gasteiger partial charge in [-0.2, -0.15) is 0 Å².